The van der Waals surface area contributed by atoms with E-state index in [4.69, 9.17) is 5.10 Å². The first kappa shape index (κ1) is 17.5. The SMILES string of the molecule is CCn1nc(C)c(CN2CC[C@]3(CCCN(CC4CCC4)C3)C2)c1C. The lowest BCUT2D eigenvalue weighted by molar-refractivity contribution is 0.0668. The summed E-state index contributed by atoms with van der Waals surface area (Å²) >= 11 is 0. The van der Waals surface area contributed by atoms with Crippen molar-refractivity contribution >= 4 is 0 Å². The molecule has 4 rings (SSSR count). The Morgan fingerprint density at radius 1 is 1.04 bits per heavy atom. The van der Waals surface area contributed by atoms with Crippen molar-refractivity contribution < 1.29 is 0 Å². The highest BCUT2D eigenvalue weighted by atomic mass is 15.3. The standard InChI is InChI=1S/C21H36N4/c1-4-25-18(3)20(17(2)22-25)14-24-12-10-21(16-24)9-6-11-23(15-21)13-19-7-5-8-19/h19H,4-16H2,1-3H3/t21-/m0/s1. The lowest BCUT2D eigenvalue weighted by atomic mass is 9.78. The number of likely N-dealkylation sites (tertiary alicyclic amines) is 2. The van der Waals surface area contributed by atoms with E-state index in [1.165, 1.54) is 88.2 Å². The molecule has 3 aliphatic rings. The van der Waals surface area contributed by atoms with Crippen LogP contribution in [0.15, 0.2) is 0 Å². The van der Waals surface area contributed by atoms with Gasteiger partial charge in [0.15, 0.2) is 0 Å². The Morgan fingerprint density at radius 2 is 1.84 bits per heavy atom. The molecular formula is C21H36N4. The van der Waals surface area contributed by atoms with Crippen LogP contribution in [-0.2, 0) is 13.1 Å². The van der Waals surface area contributed by atoms with Crippen LogP contribution in [0.4, 0.5) is 0 Å². The third-order valence-electron chi connectivity index (χ3n) is 7.21. The Morgan fingerprint density at radius 3 is 2.52 bits per heavy atom. The number of aromatic nitrogens is 2. The maximum Gasteiger partial charge on any atom is 0.0641 e. The highest BCUT2D eigenvalue weighted by molar-refractivity contribution is 5.24. The highest BCUT2D eigenvalue weighted by Crippen LogP contribution is 2.40. The zero-order chi connectivity index (χ0) is 17.4. The summed E-state index contributed by atoms with van der Waals surface area (Å²) in [5, 5.41) is 4.72. The van der Waals surface area contributed by atoms with Crippen molar-refractivity contribution in [2.75, 3.05) is 32.7 Å². The van der Waals surface area contributed by atoms with Gasteiger partial charge in [-0.3, -0.25) is 9.58 Å². The zero-order valence-corrected chi connectivity index (χ0v) is 16.6. The number of hydrogen-bond donors (Lipinski definition) is 0. The van der Waals surface area contributed by atoms with E-state index in [-0.39, 0.29) is 0 Å². The van der Waals surface area contributed by atoms with Crippen molar-refractivity contribution in [2.24, 2.45) is 11.3 Å². The van der Waals surface area contributed by atoms with Gasteiger partial charge < -0.3 is 4.90 Å². The lowest BCUT2D eigenvalue weighted by Crippen LogP contribution is -2.47. The van der Waals surface area contributed by atoms with E-state index >= 15 is 0 Å². The summed E-state index contributed by atoms with van der Waals surface area (Å²) in [5.74, 6) is 1.01. The van der Waals surface area contributed by atoms with Gasteiger partial charge in [0.25, 0.3) is 0 Å². The van der Waals surface area contributed by atoms with E-state index < -0.39 is 0 Å². The Hall–Kier alpha value is -0.870. The third kappa shape index (κ3) is 3.52. The van der Waals surface area contributed by atoms with Crippen molar-refractivity contribution in [3.8, 4) is 0 Å². The maximum absolute atomic E-state index is 4.72. The molecule has 1 aromatic rings. The van der Waals surface area contributed by atoms with Crippen molar-refractivity contribution in [1.82, 2.24) is 19.6 Å². The zero-order valence-electron chi connectivity index (χ0n) is 16.6. The molecule has 1 saturated carbocycles. The van der Waals surface area contributed by atoms with Crippen LogP contribution in [0.3, 0.4) is 0 Å². The molecule has 0 amide bonds. The molecule has 0 unspecified atom stereocenters. The largest absolute Gasteiger partial charge is 0.302 e. The normalized spacial score (nSPS) is 28.8. The summed E-state index contributed by atoms with van der Waals surface area (Å²) in [4.78, 5) is 5.52. The molecular weight excluding hydrogens is 308 g/mol. The first-order valence-corrected chi connectivity index (χ1v) is 10.6. The number of piperidine rings is 1. The fourth-order valence-corrected chi connectivity index (χ4v) is 5.50. The van der Waals surface area contributed by atoms with E-state index in [9.17, 15) is 0 Å². The second-order valence-electron chi connectivity index (χ2n) is 9.06. The molecule has 2 aliphatic heterocycles. The average molecular weight is 345 g/mol. The van der Waals surface area contributed by atoms with E-state index in [1.807, 2.05) is 0 Å². The summed E-state index contributed by atoms with van der Waals surface area (Å²) in [5.41, 5.74) is 4.65. The second-order valence-corrected chi connectivity index (χ2v) is 9.06. The minimum Gasteiger partial charge on any atom is -0.302 e. The van der Waals surface area contributed by atoms with Crippen LogP contribution in [0.2, 0.25) is 0 Å². The summed E-state index contributed by atoms with van der Waals surface area (Å²) in [6.45, 7) is 15.3. The minimum absolute atomic E-state index is 0.574. The Balaban J connectivity index is 1.38. The second kappa shape index (κ2) is 7.03. The molecule has 1 aromatic heterocycles. The average Bonchev–Trinajstić information content (AvgIpc) is 3.07. The monoisotopic (exact) mass is 344 g/mol. The quantitative estimate of drug-likeness (QED) is 0.815. The van der Waals surface area contributed by atoms with E-state index in [2.05, 4.69) is 35.3 Å². The van der Waals surface area contributed by atoms with Crippen LogP contribution in [0.5, 0.6) is 0 Å². The molecule has 140 valence electrons. The Kier molecular flexibility index (Phi) is 4.93. The maximum atomic E-state index is 4.72. The number of nitrogens with zero attached hydrogens (tertiary/aromatic N) is 4. The topological polar surface area (TPSA) is 24.3 Å². The molecule has 2 saturated heterocycles. The molecule has 25 heavy (non-hydrogen) atoms. The van der Waals surface area contributed by atoms with Gasteiger partial charge in [-0.15, -0.1) is 0 Å². The molecule has 3 heterocycles. The number of aryl methyl sites for hydroxylation is 2. The number of hydrogen-bond acceptors (Lipinski definition) is 3. The van der Waals surface area contributed by atoms with Gasteiger partial charge in [0.1, 0.15) is 0 Å². The van der Waals surface area contributed by atoms with Gasteiger partial charge in [0, 0.05) is 44.0 Å². The summed E-state index contributed by atoms with van der Waals surface area (Å²) in [6, 6.07) is 0. The molecule has 0 radical (unpaired) electrons. The van der Waals surface area contributed by atoms with Crippen LogP contribution >= 0.6 is 0 Å². The molecule has 1 spiro atoms. The predicted molar refractivity (Wildman–Crippen MR) is 103 cm³/mol. The van der Waals surface area contributed by atoms with Gasteiger partial charge in [-0.05, 0) is 77.3 Å². The smallest absolute Gasteiger partial charge is 0.0641 e. The molecule has 0 aromatic carbocycles. The summed E-state index contributed by atoms with van der Waals surface area (Å²) in [7, 11) is 0. The van der Waals surface area contributed by atoms with Crippen LogP contribution < -0.4 is 0 Å². The number of rotatable bonds is 5. The van der Waals surface area contributed by atoms with Crippen LogP contribution in [0.1, 0.15) is 62.4 Å². The molecule has 4 heteroatoms. The molecule has 3 fully saturated rings. The van der Waals surface area contributed by atoms with Gasteiger partial charge in [0.2, 0.25) is 0 Å². The van der Waals surface area contributed by atoms with E-state index in [0.717, 1.165) is 19.0 Å². The predicted octanol–water partition coefficient (Wildman–Crippen LogP) is 3.61. The van der Waals surface area contributed by atoms with Crippen molar-refractivity contribution in [1.29, 1.82) is 0 Å². The Bertz CT molecular complexity index is 603. The fourth-order valence-electron chi connectivity index (χ4n) is 5.50. The van der Waals surface area contributed by atoms with Gasteiger partial charge in [-0.2, -0.15) is 5.10 Å². The fraction of sp³-hybridized carbons (Fsp3) is 0.857. The lowest BCUT2D eigenvalue weighted by Gasteiger charge is -2.43. The van der Waals surface area contributed by atoms with Crippen LogP contribution in [0.25, 0.3) is 0 Å². The highest BCUT2D eigenvalue weighted by Gasteiger charge is 2.41. The minimum atomic E-state index is 0.574. The first-order valence-electron chi connectivity index (χ1n) is 10.6. The van der Waals surface area contributed by atoms with E-state index in [1.54, 1.807) is 0 Å². The summed E-state index contributed by atoms with van der Waals surface area (Å²) in [6.07, 6.45) is 8.68. The molecule has 0 bridgehead atoms. The van der Waals surface area contributed by atoms with Crippen molar-refractivity contribution in [3.05, 3.63) is 17.0 Å². The molecule has 4 nitrogen and oxygen atoms in total. The van der Waals surface area contributed by atoms with Gasteiger partial charge >= 0.3 is 0 Å². The van der Waals surface area contributed by atoms with Crippen LogP contribution in [0, 0.1) is 25.2 Å². The first-order chi connectivity index (χ1) is 12.1. The summed E-state index contributed by atoms with van der Waals surface area (Å²) < 4.78 is 2.16. The van der Waals surface area contributed by atoms with Gasteiger partial charge in [-0.25, -0.2) is 0 Å². The third-order valence-corrected chi connectivity index (χ3v) is 7.21. The van der Waals surface area contributed by atoms with Crippen LogP contribution in [-0.4, -0.2) is 52.3 Å². The van der Waals surface area contributed by atoms with Crippen molar-refractivity contribution in [3.63, 3.8) is 0 Å². The van der Waals surface area contributed by atoms with E-state index in [0.29, 0.717) is 5.41 Å². The van der Waals surface area contributed by atoms with Crippen molar-refractivity contribution in [2.45, 2.75) is 72.4 Å². The van der Waals surface area contributed by atoms with Gasteiger partial charge in [0.05, 0.1) is 5.69 Å². The Labute approximate surface area is 153 Å². The molecule has 1 atom stereocenters. The molecule has 0 N–H and O–H groups in total. The molecule has 1 aliphatic carbocycles. The van der Waals surface area contributed by atoms with Gasteiger partial charge in [-0.1, -0.05) is 6.42 Å².